The Morgan fingerprint density at radius 1 is 1.10 bits per heavy atom. The quantitative estimate of drug-likeness (QED) is 0.581. The predicted octanol–water partition coefficient (Wildman–Crippen LogP) is 4.62. The molecule has 6 nitrogen and oxygen atoms in total. The maximum atomic E-state index is 13.0. The van der Waals surface area contributed by atoms with E-state index in [4.69, 9.17) is 16.3 Å². The van der Waals surface area contributed by atoms with Crippen molar-refractivity contribution in [2.75, 3.05) is 7.11 Å². The van der Waals surface area contributed by atoms with Crippen molar-refractivity contribution in [3.63, 3.8) is 0 Å². The van der Waals surface area contributed by atoms with Gasteiger partial charge in [-0.15, -0.1) is 0 Å². The third-order valence-electron chi connectivity index (χ3n) is 5.45. The predicted molar refractivity (Wildman–Crippen MR) is 117 cm³/mol. The molecule has 0 bridgehead atoms. The van der Waals surface area contributed by atoms with Gasteiger partial charge in [0.05, 0.1) is 13.2 Å². The van der Waals surface area contributed by atoms with Crippen molar-refractivity contribution in [1.82, 2.24) is 20.2 Å². The van der Waals surface area contributed by atoms with Gasteiger partial charge in [0.1, 0.15) is 17.6 Å². The number of aromatic nitrogens is 2. The van der Waals surface area contributed by atoms with Crippen molar-refractivity contribution in [3.05, 3.63) is 82.9 Å². The van der Waals surface area contributed by atoms with Crippen molar-refractivity contribution in [3.8, 4) is 5.75 Å². The molecule has 30 heavy (non-hydrogen) atoms. The Hall–Kier alpha value is -2.99. The van der Waals surface area contributed by atoms with Gasteiger partial charge in [-0.2, -0.15) is 0 Å². The molecule has 1 aliphatic rings. The van der Waals surface area contributed by atoms with E-state index in [1.54, 1.807) is 13.3 Å². The molecule has 0 spiro atoms. The zero-order valence-corrected chi connectivity index (χ0v) is 17.8. The topological polar surface area (TPSA) is 68.2 Å². The number of methoxy groups -OCH3 is 1. The van der Waals surface area contributed by atoms with Gasteiger partial charge in [0.2, 0.25) is 0 Å². The van der Waals surface area contributed by atoms with E-state index < -0.39 is 0 Å². The van der Waals surface area contributed by atoms with Crippen LogP contribution in [0.25, 0.3) is 0 Å². The fourth-order valence-corrected chi connectivity index (χ4v) is 3.76. The molecule has 2 unspecified atom stereocenters. The van der Waals surface area contributed by atoms with Crippen LogP contribution in [-0.4, -0.2) is 22.7 Å². The average molecular weight is 425 g/mol. The number of halogens is 1. The number of amides is 2. The lowest BCUT2D eigenvalue weighted by atomic mass is 10.0. The number of rotatable bonds is 7. The Morgan fingerprint density at radius 2 is 1.77 bits per heavy atom. The van der Waals surface area contributed by atoms with Crippen molar-refractivity contribution >= 4 is 17.6 Å². The monoisotopic (exact) mass is 424 g/mol. The normalized spacial score (nSPS) is 15.3. The number of carbonyl (C=O) groups is 1. The summed E-state index contributed by atoms with van der Waals surface area (Å²) in [5.74, 6) is 1.97. The first-order valence-corrected chi connectivity index (χ1v) is 10.4. The summed E-state index contributed by atoms with van der Waals surface area (Å²) in [5, 5.41) is 6.96. The van der Waals surface area contributed by atoms with Gasteiger partial charge in [0.15, 0.2) is 0 Å². The maximum Gasteiger partial charge on any atom is 0.316 e. The Labute approximate surface area is 181 Å². The molecule has 156 valence electrons. The van der Waals surface area contributed by atoms with Gasteiger partial charge in [-0.3, -0.25) is 0 Å². The minimum atomic E-state index is -0.388. The lowest BCUT2D eigenvalue weighted by molar-refractivity contribution is 0.232. The summed E-state index contributed by atoms with van der Waals surface area (Å²) in [5.41, 5.74) is 1.99. The van der Waals surface area contributed by atoms with E-state index >= 15 is 0 Å². The molecule has 2 N–H and O–H groups in total. The van der Waals surface area contributed by atoms with E-state index in [2.05, 4.69) is 15.6 Å². The van der Waals surface area contributed by atoms with Crippen LogP contribution in [0.15, 0.2) is 60.9 Å². The smallest absolute Gasteiger partial charge is 0.316 e. The van der Waals surface area contributed by atoms with Crippen LogP contribution in [0.5, 0.6) is 5.75 Å². The van der Waals surface area contributed by atoms with Gasteiger partial charge < -0.3 is 19.9 Å². The number of ether oxygens (including phenoxy) is 1. The van der Waals surface area contributed by atoms with Crippen molar-refractivity contribution < 1.29 is 9.53 Å². The van der Waals surface area contributed by atoms with Crippen molar-refractivity contribution in [2.24, 2.45) is 13.0 Å². The van der Waals surface area contributed by atoms with Crippen molar-refractivity contribution in [1.29, 1.82) is 0 Å². The van der Waals surface area contributed by atoms with Gasteiger partial charge in [-0.1, -0.05) is 35.9 Å². The summed E-state index contributed by atoms with van der Waals surface area (Å²) < 4.78 is 7.17. The number of benzene rings is 2. The molecule has 4 rings (SSSR count). The van der Waals surface area contributed by atoms with Gasteiger partial charge in [0.25, 0.3) is 0 Å². The van der Waals surface area contributed by atoms with E-state index in [9.17, 15) is 4.79 Å². The van der Waals surface area contributed by atoms with E-state index in [-0.39, 0.29) is 18.1 Å². The van der Waals surface area contributed by atoms with Gasteiger partial charge in [-0.05, 0) is 54.2 Å². The summed E-state index contributed by atoms with van der Waals surface area (Å²) >= 11 is 6.03. The first kappa shape index (κ1) is 20.3. The molecule has 2 amide bonds. The number of nitrogens with zero attached hydrogens (tertiary/aromatic N) is 2. The summed E-state index contributed by atoms with van der Waals surface area (Å²) in [7, 11) is 3.55. The largest absolute Gasteiger partial charge is 0.497 e. The van der Waals surface area contributed by atoms with Crippen LogP contribution in [0.4, 0.5) is 4.79 Å². The number of carbonyl (C=O) groups excluding carboxylic acids is 1. The molecule has 1 heterocycles. The van der Waals surface area contributed by atoms with Crippen LogP contribution in [0.3, 0.4) is 0 Å². The number of hydrogen-bond acceptors (Lipinski definition) is 3. The second-order valence-electron chi connectivity index (χ2n) is 7.59. The van der Waals surface area contributed by atoms with Crippen LogP contribution in [0.1, 0.15) is 41.9 Å². The molecule has 1 saturated carbocycles. The summed E-state index contributed by atoms with van der Waals surface area (Å²) in [6, 6.07) is 14.7. The zero-order chi connectivity index (χ0) is 21.1. The van der Waals surface area contributed by atoms with E-state index in [1.807, 2.05) is 66.3 Å². The number of aryl methyl sites for hydroxylation is 1. The molecule has 1 aromatic heterocycles. The van der Waals surface area contributed by atoms with E-state index in [0.717, 1.165) is 35.5 Å². The van der Waals surface area contributed by atoms with Crippen molar-refractivity contribution in [2.45, 2.75) is 24.9 Å². The minimum absolute atomic E-state index is 0.0415. The molecular formula is C23H25ClN4O2. The first-order chi connectivity index (χ1) is 14.5. The Bertz CT molecular complexity index is 997. The highest BCUT2D eigenvalue weighted by molar-refractivity contribution is 6.30. The van der Waals surface area contributed by atoms with Gasteiger partial charge in [0, 0.05) is 24.5 Å². The Kier molecular flexibility index (Phi) is 5.95. The number of urea groups is 1. The minimum Gasteiger partial charge on any atom is -0.497 e. The Morgan fingerprint density at radius 3 is 2.33 bits per heavy atom. The molecule has 1 fully saturated rings. The highest BCUT2D eigenvalue weighted by Gasteiger charge is 2.34. The van der Waals surface area contributed by atoms with E-state index in [1.165, 1.54) is 0 Å². The molecule has 0 radical (unpaired) electrons. The third-order valence-corrected chi connectivity index (χ3v) is 5.70. The number of nitrogens with one attached hydrogen (secondary N) is 2. The highest BCUT2D eigenvalue weighted by Crippen LogP contribution is 2.41. The third kappa shape index (κ3) is 4.60. The first-order valence-electron chi connectivity index (χ1n) is 9.99. The lowest BCUT2D eigenvalue weighted by Gasteiger charge is -2.23. The second kappa shape index (κ2) is 8.79. The molecule has 0 saturated heterocycles. The fraction of sp³-hybridized carbons (Fsp3) is 0.304. The van der Waals surface area contributed by atoms with Crippen LogP contribution in [0.2, 0.25) is 5.02 Å². The average Bonchev–Trinajstić information content (AvgIpc) is 3.52. The lowest BCUT2D eigenvalue weighted by Crippen LogP contribution is -2.41. The SMILES string of the molecule is COc1ccc(C(NC(=O)NC(c2ccc(Cl)cc2)C2CC2)c2nccn2C)cc1. The summed E-state index contributed by atoms with van der Waals surface area (Å²) in [4.78, 5) is 17.5. The van der Waals surface area contributed by atoms with Crippen LogP contribution in [0, 0.1) is 5.92 Å². The van der Waals surface area contributed by atoms with Gasteiger partial charge in [-0.25, -0.2) is 9.78 Å². The Balaban J connectivity index is 1.55. The fourth-order valence-electron chi connectivity index (χ4n) is 3.64. The number of imidazole rings is 1. The standard InChI is InChI=1S/C23H25ClN4O2/c1-28-14-13-25-22(28)21(17-7-11-19(30-2)12-8-17)27-23(29)26-20(15-3-4-15)16-5-9-18(24)10-6-16/h5-15,20-21H,3-4H2,1-2H3,(H2,26,27,29). The molecule has 3 aromatic rings. The number of hydrogen-bond donors (Lipinski definition) is 2. The summed E-state index contributed by atoms with van der Waals surface area (Å²) in [6.07, 6.45) is 5.81. The second-order valence-corrected chi connectivity index (χ2v) is 8.02. The molecular weight excluding hydrogens is 400 g/mol. The van der Waals surface area contributed by atoms with Gasteiger partial charge >= 0.3 is 6.03 Å². The van der Waals surface area contributed by atoms with Crippen LogP contribution < -0.4 is 15.4 Å². The molecule has 2 aromatic carbocycles. The zero-order valence-electron chi connectivity index (χ0n) is 17.0. The summed E-state index contributed by atoms with van der Waals surface area (Å²) in [6.45, 7) is 0. The molecule has 0 aliphatic heterocycles. The molecule has 1 aliphatic carbocycles. The maximum absolute atomic E-state index is 13.0. The van der Waals surface area contributed by atoms with Crippen LogP contribution in [-0.2, 0) is 7.05 Å². The molecule has 7 heteroatoms. The van der Waals surface area contributed by atoms with Crippen LogP contribution >= 0.6 is 11.6 Å². The highest BCUT2D eigenvalue weighted by atomic mass is 35.5. The molecule has 2 atom stereocenters. The van der Waals surface area contributed by atoms with E-state index in [0.29, 0.717) is 10.9 Å².